The first-order valence-electron chi connectivity index (χ1n) is 4.26. The fraction of sp³-hybridized carbons (Fsp3) is 0.556. The molecule has 0 bridgehead atoms. The molecule has 2 rings (SSSR count). The van der Waals surface area contributed by atoms with Gasteiger partial charge in [0.1, 0.15) is 0 Å². The van der Waals surface area contributed by atoms with Crippen molar-refractivity contribution < 1.29 is 8.78 Å². The van der Waals surface area contributed by atoms with Crippen LogP contribution in [0.4, 0.5) is 8.78 Å². The molecule has 0 aromatic rings. The molecule has 0 spiro atoms. The lowest BCUT2D eigenvalue weighted by molar-refractivity contribution is -0.194. The van der Waals surface area contributed by atoms with Crippen molar-refractivity contribution in [2.24, 2.45) is 0 Å². The first-order valence-corrected chi connectivity index (χ1v) is 4.26. The Balaban J connectivity index is 2.39. The lowest BCUT2D eigenvalue weighted by Gasteiger charge is -2.25. The molecule has 1 unspecified atom stereocenters. The average molecular weight is 186 g/mol. The molecule has 2 nitrogen and oxygen atoms in total. The molecule has 1 aliphatic heterocycles. The summed E-state index contributed by atoms with van der Waals surface area (Å²) in [7, 11) is 2.89. The van der Waals surface area contributed by atoms with Crippen molar-refractivity contribution in [3.63, 3.8) is 0 Å². The predicted octanol–water partition coefficient (Wildman–Crippen LogP) is 1.63. The van der Waals surface area contributed by atoms with Crippen molar-refractivity contribution in [3.8, 4) is 0 Å². The van der Waals surface area contributed by atoms with E-state index in [0.29, 0.717) is 12.1 Å². The van der Waals surface area contributed by atoms with Crippen LogP contribution in [0.1, 0.15) is 6.42 Å². The second-order valence-corrected chi connectivity index (χ2v) is 3.45. The highest BCUT2D eigenvalue weighted by atomic mass is 19.3. The molecular weight excluding hydrogens is 174 g/mol. The Morgan fingerprint density at radius 1 is 1.46 bits per heavy atom. The molecule has 72 valence electrons. The molecule has 0 aromatic carbocycles. The highest BCUT2D eigenvalue weighted by Crippen LogP contribution is 2.40. The molecule has 0 saturated carbocycles. The van der Waals surface area contributed by atoms with Crippen LogP contribution in [0, 0.1) is 0 Å². The van der Waals surface area contributed by atoms with Crippen LogP contribution >= 0.6 is 0 Å². The van der Waals surface area contributed by atoms with Crippen LogP contribution in [0.3, 0.4) is 0 Å². The molecule has 1 aliphatic carbocycles. The van der Waals surface area contributed by atoms with E-state index in [1.165, 1.54) is 14.1 Å². The summed E-state index contributed by atoms with van der Waals surface area (Å²) in [6.45, 7) is 0. The van der Waals surface area contributed by atoms with Crippen LogP contribution in [0.2, 0.25) is 0 Å². The minimum atomic E-state index is -2.84. The van der Waals surface area contributed by atoms with Gasteiger partial charge < -0.3 is 4.90 Å². The van der Waals surface area contributed by atoms with E-state index in [2.05, 4.69) is 0 Å². The Labute approximate surface area is 76.1 Å². The number of nitrogens with zero attached hydrogens (tertiary/aromatic N) is 2. The summed E-state index contributed by atoms with van der Waals surface area (Å²) >= 11 is 0. The van der Waals surface area contributed by atoms with Crippen LogP contribution in [-0.4, -0.2) is 36.1 Å². The zero-order chi connectivity index (χ0) is 9.64. The molecule has 0 amide bonds. The van der Waals surface area contributed by atoms with E-state index >= 15 is 0 Å². The monoisotopic (exact) mass is 186 g/mol. The lowest BCUT2D eigenvalue weighted by atomic mass is 10.1. The van der Waals surface area contributed by atoms with E-state index in [-0.39, 0.29) is 6.04 Å². The maximum Gasteiger partial charge on any atom is 0.391 e. The van der Waals surface area contributed by atoms with Gasteiger partial charge in [-0.2, -0.15) is 8.78 Å². The Morgan fingerprint density at radius 3 is 2.77 bits per heavy atom. The number of hydrogen-bond acceptors (Lipinski definition) is 2. The van der Waals surface area contributed by atoms with Crippen LogP contribution in [-0.2, 0) is 0 Å². The van der Waals surface area contributed by atoms with Crippen molar-refractivity contribution in [1.29, 1.82) is 0 Å². The average Bonchev–Trinajstić information content (AvgIpc) is 2.30. The van der Waals surface area contributed by atoms with Gasteiger partial charge in [0, 0.05) is 12.7 Å². The van der Waals surface area contributed by atoms with Gasteiger partial charge in [-0.05, 0) is 19.5 Å². The molecule has 2 aliphatic rings. The van der Waals surface area contributed by atoms with Gasteiger partial charge in [-0.25, -0.2) is 4.90 Å². The zero-order valence-electron chi connectivity index (χ0n) is 7.67. The molecular formula is C9H12F2N2. The van der Waals surface area contributed by atoms with Gasteiger partial charge in [-0.3, -0.25) is 0 Å². The second kappa shape index (κ2) is 2.54. The number of alkyl halides is 2. The zero-order valence-corrected chi connectivity index (χ0v) is 7.67. The summed E-state index contributed by atoms with van der Waals surface area (Å²) in [6, 6.07) is -0.162. The number of rotatable bonds is 0. The third-order valence-electron chi connectivity index (χ3n) is 2.79. The van der Waals surface area contributed by atoms with E-state index in [1.807, 2.05) is 12.2 Å². The van der Waals surface area contributed by atoms with Gasteiger partial charge in [0.25, 0.3) is 0 Å². The van der Waals surface area contributed by atoms with Crippen LogP contribution < -0.4 is 0 Å². The van der Waals surface area contributed by atoms with Crippen molar-refractivity contribution in [2.75, 3.05) is 14.1 Å². The van der Waals surface area contributed by atoms with Gasteiger partial charge in [-0.15, -0.1) is 0 Å². The van der Waals surface area contributed by atoms with Crippen molar-refractivity contribution >= 4 is 0 Å². The first kappa shape index (κ1) is 8.69. The quantitative estimate of drug-likeness (QED) is 0.530. The number of hydrogen-bond donors (Lipinski definition) is 0. The number of likely N-dealkylation sites (N-methyl/N-ethyl adjacent to an activating group) is 2. The summed E-state index contributed by atoms with van der Waals surface area (Å²) in [5.41, 5.74) is 0.704. The van der Waals surface area contributed by atoms with Gasteiger partial charge in [0.05, 0.1) is 6.04 Å². The SMILES string of the molecule is CN1C2=CC=CCC2N(C)C1(F)F. The third-order valence-corrected chi connectivity index (χ3v) is 2.79. The van der Waals surface area contributed by atoms with E-state index < -0.39 is 6.17 Å². The molecule has 0 radical (unpaired) electrons. The van der Waals surface area contributed by atoms with Crippen molar-refractivity contribution in [1.82, 2.24) is 9.80 Å². The highest BCUT2D eigenvalue weighted by Gasteiger charge is 2.52. The molecule has 1 heterocycles. The lowest BCUT2D eigenvalue weighted by Crippen LogP contribution is -2.43. The smallest absolute Gasteiger partial charge is 0.305 e. The minimum absolute atomic E-state index is 0.162. The van der Waals surface area contributed by atoms with Gasteiger partial charge in [-0.1, -0.05) is 12.2 Å². The Morgan fingerprint density at radius 2 is 2.15 bits per heavy atom. The van der Waals surface area contributed by atoms with Gasteiger partial charge >= 0.3 is 6.17 Å². The summed E-state index contributed by atoms with van der Waals surface area (Å²) in [6.07, 6.45) is 3.33. The molecule has 1 saturated heterocycles. The maximum atomic E-state index is 13.4. The topological polar surface area (TPSA) is 6.48 Å². The summed E-state index contributed by atoms with van der Waals surface area (Å²) < 4.78 is 26.8. The van der Waals surface area contributed by atoms with Gasteiger partial charge in [0.2, 0.25) is 0 Å². The van der Waals surface area contributed by atoms with Crippen LogP contribution in [0.5, 0.6) is 0 Å². The third kappa shape index (κ3) is 1.01. The first-order chi connectivity index (χ1) is 6.05. The second-order valence-electron chi connectivity index (χ2n) is 3.45. The number of halogens is 2. The number of allylic oxidation sites excluding steroid dienone is 2. The predicted molar refractivity (Wildman–Crippen MR) is 46.1 cm³/mol. The largest absolute Gasteiger partial charge is 0.391 e. The summed E-state index contributed by atoms with van der Waals surface area (Å²) in [4.78, 5) is 2.16. The minimum Gasteiger partial charge on any atom is -0.305 e. The van der Waals surface area contributed by atoms with E-state index in [1.54, 1.807) is 6.08 Å². The standard InChI is InChI=1S/C9H12F2N2/c1-12-7-5-3-4-6-8(7)13(2)9(12,10)11/h3-5,8H,6H2,1-2H3. The number of fused-ring (bicyclic) bond motifs is 1. The summed E-state index contributed by atoms with van der Waals surface area (Å²) in [5, 5.41) is 0. The van der Waals surface area contributed by atoms with Gasteiger partial charge in [0.15, 0.2) is 0 Å². The normalized spacial score (nSPS) is 31.8. The maximum absolute atomic E-state index is 13.4. The van der Waals surface area contributed by atoms with Crippen molar-refractivity contribution in [2.45, 2.75) is 18.6 Å². The van der Waals surface area contributed by atoms with E-state index in [4.69, 9.17) is 0 Å². The van der Waals surface area contributed by atoms with Crippen LogP contribution in [0.25, 0.3) is 0 Å². The fourth-order valence-electron chi connectivity index (χ4n) is 1.88. The fourth-order valence-corrected chi connectivity index (χ4v) is 1.88. The molecule has 13 heavy (non-hydrogen) atoms. The van der Waals surface area contributed by atoms with E-state index in [9.17, 15) is 8.78 Å². The molecule has 1 atom stereocenters. The Bertz CT molecular complexity index is 279. The molecule has 4 heteroatoms. The summed E-state index contributed by atoms with van der Waals surface area (Å²) in [5.74, 6) is 0. The van der Waals surface area contributed by atoms with Crippen molar-refractivity contribution in [3.05, 3.63) is 23.9 Å². The molecule has 1 fully saturated rings. The molecule has 0 N–H and O–H groups in total. The van der Waals surface area contributed by atoms with E-state index in [0.717, 1.165) is 9.80 Å². The Hall–Kier alpha value is -0.900. The van der Waals surface area contributed by atoms with Crippen LogP contribution in [0.15, 0.2) is 23.9 Å². The molecule has 0 aromatic heterocycles. The Kier molecular flexibility index (Phi) is 1.70. The highest BCUT2D eigenvalue weighted by molar-refractivity contribution is 5.27.